The van der Waals surface area contributed by atoms with Gasteiger partial charge in [0.25, 0.3) is 11.8 Å². The molecule has 15 heteroatoms. The Kier molecular flexibility index (Phi) is 12.2. The van der Waals surface area contributed by atoms with Gasteiger partial charge in [-0.25, -0.2) is 9.18 Å². The molecule has 2 fully saturated rings. The maximum Gasteiger partial charge on any atom is 0.266 e. The monoisotopic (exact) mass is 771 g/mol. The Hall–Kier alpha value is -5.05. The Labute approximate surface area is 322 Å². The van der Waals surface area contributed by atoms with Gasteiger partial charge in [-0.15, -0.1) is 0 Å². The summed E-state index contributed by atoms with van der Waals surface area (Å²) in [7, 11) is 0. The zero-order valence-corrected chi connectivity index (χ0v) is 31.1. The van der Waals surface area contributed by atoms with Crippen molar-refractivity contribution < 1.29 is 42.6 Å². The van der Waals surface area contributed by atoms with E-state index in [9.17, 15) is 28.4 Å². The van der Waals surface area contributed by atoms with Crippen LogP contribution < -0.4 is 15.0 Å². The summed E-state index contributed by atoms with van der Waals surface area (Å²) < 4.78 is 31.3. The van der Waals surface area contributed by atoms with Crippen LogP contribution in [0.4, 0.5) is 15.8 Å². The van der Waals surface area contributed by atoms with Crippen molar-refractivity contribution in [3.05, 3.63) is 83.3 Å². The molecule has 4 aliphatic heterocycles. The van der Waals surface area contributed by atoms with Crippen LogP contribution >= 0.6 is 11.8 Å². The minimum absolute atomic E-state index is 0.0414. The first-order valence-electron chi connectivity index (χ1n) is 18.5. The standard InChI is InChI=1S/C40H42FN5O8S/c41-27-9-11-35-32(25-27)45(30-6-1-2-8-34(30)55-35)15-4-14-43-16-18-44(19-17-43)28(26-47)13-20-52-21-22-53-23-24-54-33-7-3-5-29-37(33)40(51)46(39(29)50)31-10-12-36(48)42-38(31)49/h1-3,5-9,11,25,31H,4,10,12-24H2,(H,42,48,49). The number of piperazine rings is 1. The third-order valence-electron chi connectivity index (χ3n) is 10.1. The molecule has 1 unspecified atom stereocenters. The second-order valence-electron chi connectivity index (χ2n) is 13.5. The van der Waals surface area contributed by atoms with E-state index in [4.69, 9.17) is 14.2 Å². The lowest BCUT2D eigenvalue weighted by atomic mass is 10.0. The third-order valence-corrected chi connectivity index (χ3v) is 11.2. The number of carbonyl (C=O) groups is 4. The highest BCUT2D eigenvalue weighted by molar-refractivity contribution is 7.99. The molecular formula is C40H42FN5O8S. The van der Waals surface area contributed by atoms with Gasteiger partial charge in [-0.3, -0.25) is 34.3 Å². The van der Waals surface area contributed by atoms with Crippen LogP contribution in [0, 0.1) is 5.82 Å². The van der Waals surface area contributed by atoms with E-state index in [1.54, 1.807) is 30.0 Å². The number of nitrogens with zero attached hydrogens (tertiary/aromatic N) is 4. The van der Waals surface area contributed by atoms with Crippen LogP contribution in [0.2, 0.25) is 0 Å². The highest BCUT2D eigenvalue weighted by Gasteiger charge is 2.46. The van der Waals surface area contributed by atoms with Crippen LogP contribution in [0.3, 0.4) is 0 Å². The summed E-state index contributed by atoms with van der Waals surface area (Å²) in [6.07, 6.45) is 1.47. The molecule has 4 amide bonds. The summed E-state index contributed by atoms with van der Waals surface area (Å²) in [5, 5.41) is 2.19. The Morgan fingerprint density at radius 3 is 2.40 bits per heavy atom. The van der Waals surface area contributed by atoms with Gasteiger partial charge in [-0.05, 0) is 61.9 Å². The number of ether oxygens (including phenoxy) is 3. The first kappa shape index (κ1) is 38.2. The van der Waals surface area contributed by atoms with Crippen molar-refractivity contribution in [2.45, 2.75) is 41.5 Å². The Bertz CT molecular complexity index is 2000. The molecule has 13 nitrogen and oxygen atoms in total. The first-order valence-corrected chi connectivity index (χ1v) is 19.3. The van der Waals surface area contributed by atoms with Crippen LogP contribution in [0.25, 0.3) is 0 Å². The first-order chi connectivity index (χ1) is 26.8. The summed E-state index contributed by atoms with van der Waals surface area (Å²) in [6.45, 7) is 6.03. The number of piperidine rings is 1. The number of benzene rings is 3. The number of nitrogens with one attached hydrogen (secondary N) is 1. The highest BCUT2D eigenvalue weighted by atomic mass is 32.2. The third kappa shape index (κ3) is 8.61. The van der Waals surface area contributed by atoms with E-state index in [0.717, 1.165) is 66.9 Å². The quantitative estimate of drug-likeness (QED) is 0.128. The molecule has 1 atom stereocenters. The van der Waals surface area contributed by atoms with Gasteiger partial charge >= 0.3 is 0 Å². The molecule has 0 aromatic heterocycles. The maximum atomic E-state index is 14.2. The molecule has 3 aromatic carbocycles. The van der Waals surface area contributed by atoms with Gasteiger partial charge in [0, 0.05) is 55.4 Å². The van der Waals surface area contributed by atoms with Gasteiger partial charge in [0.1, 0.15) is 35.9 Å². The highest BCUT2D eigenvalue weighted by Crippen LogP contribution is 2.48. The van der Waals surface area contributed by atoms with Crippen LogP contribution in [-0.2, 0) is 23.9 Å². The number of halogens is 1. The Morgan fingerprint density at radius 1 is 0.836 bits per heavy atom. The summed E-state index contributed by atoms with van der Waals surface area (Å²) in [5.41, 5.74) is 2.84. The summed E-state index contributed by atoms with van der Waals surface area (Å²) in [4.78, 5) is 71.7. The minimum Gasteiger partial charge on any atom is -0.490 e. The van der Waals surface area contributed by atoms with Gasteiger partial charge in [-0.1, -0.05) is 30.0 Å². The Morgan fingerprint density at radius 2 is 1.60 bits per heavy atom. The zero-order valence-electron chi connectivity index (χ0n) is 30.3. The molecule has 0 saturated carbocycles. The van der Waals surface area contributed by atoms with Gasteiger partial charge in [0.05, 0.1) is 48.9 Å². The second-order valence-corrected chi connectivity index (χ2v) is 14.6. The minimum atomic E-state index is -1.05. The lowest BCUT2D eigenvalue weighted by molar-refractivity contribution is -0.136. The van der Waals surface area contributed by atoms with E-state index >= 15 is 0 Å². The average Bonchev–Trinajstić information content (AvgIpc) is 3.45. The van der Waals surface area contributed by atoms with Crippen molar-refractivity contribution in [2.75, 3.05) is 77.2 Å². The molecule has 4 heterocycles. The molecule has 0 radical (unpaired) electrons. The SMILES string of the molecule is O=C=C(CCOCCOCCOc1cccc2c1C(=O)N(C1CCC(=O)NC1=O)C2=O)N1CCN(CCCN2c3ccccc3Sc3ccc(F)cc32)CC1. The lowest BCUT2D eigenvalue weighted by Crippen LogP contribution is -2.54. The topological polar surface area (TPSA) is 138 Å². The number of imide groups is 2. The van der Waals surface area contributed by atoms with Crippen molar-refractivity contribution in [3.8, 4) is 5.75 Å². The zero-order chi connectivity index (χ0) is 38.3. The number of hydrogen-bond donors (Lipinski definition) is 1. The van der Waals surface area contributed by atoms with Crippen molar-refractivity contribution in [2.24, 2.45) is 0 Å². The molecule has 0 spiro atoms. The molecule has 0 bridgehead atoms. The molecule has 0 aliphatic carbocycles. The fourth-order valence-electron chi connectivity index (χ4n) is 7.32. The molecule has 7 rings (SSSR count). The molecule has 55 heavy (non-hydrogen) atoms. The van der Waals surface area contributed by atoms with E-state index < -0.39 is 29.7 Å². The number of anilines is 2. The Balaban J connectivity index is 0.772. The normalized spacial score (nSPS) is 18.1. The van der Waals surface area contributed by atoms with Crippen LogP contribution in [0.15, 0.2) is 76.2 Å². The number of para-hydroxylation sites is 1. The van der Waals surface area contributed by atoms with E-state index in [1.807, 2.05) is 18.2 Å². The summed E-state index contributed by atoms with van der Waals surface area (Å²) in [5.74, 6) is -0.256. The second kappa shape index (κ2) is 17.6. The molecule has 3 aromatic rings. The number of rotatable bonds is 16. The fraction of sp³-hybridized carbons (Fsp3) is 0.400. The maximum absolute atomic E-state index is 14.2. The summed E-state index contributed by atoms with van der Waals surface area (Å²) in [6, 6.07) is 16.9. The van der Waals surface area contributed by atoms with Crippen LogP contribution in [-0.4, -0.2) is 123 Å². The van der Waals surface area contributed by atoms with Crippen molar-refractivity contribution in [1.29, 1.82) is 0 Å². The van der Waals surface area contributed by atoms with E-state index in [2.05, 4.69) is 38.1 Å². The molecule has 1 N–H and O–H groups in total. The number of hydrogen-bond acceptors (Lipinski definition) is 12. The molecule has 2 saturated heterocycles. The van der Waals surface area contributed by atoms with E-state index in [0.29, 0.717) is 25.3 Å². The molecule has 4 aliphatic rings. The largest absolute Gasteiger partial charge is 0.490 e. The van der Waals surface area contributed by atoms with Crippen LogP contribution in [0.1, 0.15) is 46.4 Å². The smallest absolute Gasteiger partial charge is 0.266 e. The van der Waals surface area contributed by atoms with Gasteiger partial charge in [0.2, 0.25) is 11.8 Å². The van der Waals surface area contributed by atoms with E-state index in [-0.39, 0.29) is 55.4 Å². The predicted molar refractivity (Wildman–Crippen MR) is 201 cm³/mol. The average molecular weight is 772 g/mol. The van der Waals surface area contributed by atoms with Crippen molar-refractivity contribution in [1.82, 2.24) is 20.0 Å². The fourth-order valence-corrected chi connectivity index (χ4v) is 8.39. The lowest BCUT2D eigenvalue weighted by Gasteiger charge is -2.37. The molecule has 288 valence electrons. The van der Waals surface area contributed by atoms with Gasteiger partial charge < -0.3 is 24.0 Å². The predicted octanol–water partition coefficient (Wildman–Crippen LogP) is 4.06. The number of carbonyl (C=O) groups excluding carboxylic acids is 5. The number of fused-ring (bicyclic) bond motifs is 3. The van der Waals surface area contributed by atoms with Crippen LogP contribution in [0.5, 0.6) is 5.75 Å². The van der Waals surface area contributed by atoms with Gasteiger partial charge in [-0.2, -0.15) is 0 Å². The molecular weight excluding hydrogens is 730 g/mol. The van der Waals surface area contributed by atoms with Crippen molar-refractivity contribution >= 4 is 52.7 Å². The van der Waals surface area contributed by atoms with Crippen molar-refractivity contribution in [3.63, 3.8) is 0 Å². The number of amides is 4. The van der Waals surface area contributed by atoms with Gasteiger partial charge in [0.15, 0.2) is 0 Å². The van der Waals surface area contributed by atoms with E-state index in [1.165, 1.54) is 17.0 Å². The summed E-state index contributed by atoms with van der Waals surface area (Å²) >= 11 is 1.67.